The minimum atomic E-state index is -0.176. The highest BCUT2D eigenvalue weighted by atomic mass is 79.9. The van der Waals surface area contributed by atoms with E-state index in [1.165, 1.54) is 0 Å². The molecule has 1 aromatic heterocycles. The van der Waals surface area contributed by atoms with Crippen LogP contribution in [-0.2, 0) is 0 Å². The van der Waals surface area contributed by atoms with Crippen molar-refractivity contribution in [1.29, 1.82) is 0 Å². The Labute approximate surface area is 118 Å². The predicted molar refractivity (Wildman–Crippen MR) is 77.6 cm³/mol. The molecular formula is C14H10BrN3O. The molecule has 3 aromatic rings. The number of amides is 1. The van der Waals surface area contributed by atoms with Gasteiger partial charge in [-0.05, 0) is 30.3 Å². The summed E-state index contributed by atoms with van der Waals surface area (Å²) in [6.07, 6.45) is 1.60. The van der Waals surface area contributed by atoms with Gasteiger partial charge in [0, 0.05) is 10.0 Å². The Morgan fingerprint density at radius 1 is 1.16 bits per heavy atom. The molecule has 1 N–H and O–H groups in total. The SMILES string of the molecule is O=C(Nn1cnc2ccccc21)c1cccc(Br)c1. The average Bonchev–Trinajstić information content (AvgIpc) is 2.82. The molecule has 0 bridgehead atoms. The van der Waals surface area contributed by atoms with E-state index >= 15 is 0 Å². The number of nitrogens with one attached hydrogen (secondary N) is 1. The number of aromatic nitrogens is 2. The van der Waals surface area contributed by atoms with Gasteiger partial charge in [0.1, 0.15) is 6.33 Å². The van der Waals surface area contributed by atoms with Gasteiger partial charge in [0.2, 0.25) is 0 Å². The van der Waals surface area contributed by atoms with Crippen molar-refractivity contribution in [1.82, 2.24) is 9.66 Å². The lowest BCUT2D eigenvalue weighted by molar-refractivity contribution is 0.101. The molecule has 0 saturated carbocycles. The maximum atomic E-state index is 12.1. The maximum absolute atomic E-state index is 12.1. The lowest BCUT2D eigenvalue weighted by Gasteiger charge is -2.07. The summed E-state index contributed by atoms with van der Waals surface area (Å²) in [5.74, 6) is -0.176. The van der Waals surface area contributed by atoms with Crippen LogP contribution >= 0.6 is 15.9 Å². The van der Waals surface area contributed by atoms with Gasteiger partial charge >= 0.3 is 0 Å². The number of imidazole rings is 1. The summed E-state index contributed by atoms with van der Waals surface area (Å²) >= 11 is 3.35. The Balaban J connectivity index is 1.91. The number of carbonyl (C=O) groups is 1. The molecule has 0 spiro atoms. The zero-order chi connectivity index (χ0) is 13.2. The first kappa shape index (κ1) is 11.9. The number of benzene rings is 2. The molecule has 0 atom stereocenters. The molecule has 3 rings (SSSR count). The third-order valence-corrected chi connectivity index (χ3v) is 3.26. The van der Waals surface area contributed by atoms with Crippen LogP contribution in [0.15, 0.2) is 59.3 Å². The summed E-state index contributed by atoms with van der Waals surface area (Å²) in [4.78, 5) is 16.3. The van der Waals surface area contributed by atoms with Crippen molar-refractivity contribution in [2.45, 2.75) is 0 Å². The Bertz CT molecular complexity index is 751. The fourth-order valence-corrected chi connectivity index (χ4v) is 2.25. The quantitative estimate of drug-likeness (QED) is 0.789. The summed E-state index contributed by atoms with van der Waals surface area (Å²) in [6, 6.07) is 14.9. The normalized spacial score (nSPS) is 10.6. The lowest BCUT2D eigenvalue weighted by Crippen LogP contribution is -2.21. The minimum absolute atomic E-state index is 0.176. The number of hydrogen-bond donors (Lipinski definition) is 1. The third-order valence-electron chi connectivity index (χ3n) is 2.76. The molecule has 1 heterocycles. The van der Waals surface area contributed by atoms with Crippen LogP contribution in [0.3, 0.4) is 0 Å². The van der Waals surface area contributed by atoms with Crippen LogP contribution in [0.25, 0.3) is 11.0 Å². The second-order valence-electron chi connectivity index (χ2n) is 4.05. The molecule has 2 aromatic carbocycles. The first-order chi connectivity index (χ1) is 9.24. The van der Waals surface area contributed by atoms with Gasteiger partial charge < -0.3 is 0 Å². The van der Waals surface area contributed by atoms with Gasteiger partial charge in [0.25, 0.3) is 5.91 Å². The van der Waals surface area contributed by atoms with Crippen LogP contribution in [-0.4, -0.2) is 15.6 Å². The van der Waals surface area contributed by atoms with E-state index in [-0.39, 0.29) is 5.91 Å². The van der Waals surface area contributed by atoms with E-state index in [0.29, 0.717) is 5.56 Å². The second kappa shape index (κ2) is 4.85. The van der Waals surface area contributed by atoms with Gasteiger partial charge in [-0.25, -0.2) is 9.66 Å². The van der Waals surface area contributed by atoms with E-state index in [1.54, 1.807) is 23.1 Å². The second-order valence-corrected chi connectivity index (χ2v) is 4.97. The van der Waals surface area contributed by atoms with Gasteiger partial charge in [-0.3, -0.25) is 10.2 Å². The summed E-state index contributed by atoms with van der Waals surface area (Å²) in [6.45, 7) is 0. The zero-order valence-corrected chi connectivity index (χ0v) is 11.5. The molecule has 4 nitrogen and oxygen atoms in total. The van der Waals surface area contributed by atoms with Crippen LogP contribution in [0.1, 0.15) is 10.4 Å². The monoisotopic (exact) mass is 315 g/mol. The van der Waals surface area contributed by atoms with Crippen molar-refractivity contribution in [2.75, 3.05) is 5.43 Å². The number of fused-ring (bicyclic) bond motifs is 1. The molecule has 0 saturated heterocycles. The Morgan fingerprint density at radius 3 is 2.84 bits per heavy atom. The van der Waals surface area contributed by atoms with E-state index in [0.717, 1.165) is 15.5 Å². The molecule has 0 aliphatic carbocycles. The molecule has 0 aliphatic rings. The Morgan fingerprint density at radius 2 is 2.00 bits per heavy atom. The number of rotatable bonds is 2. The Hall–Kier alpha value is -2.14. The number of hydrogen-bond acceptors (Lipinski definition) is 2. The number of nitrogens with zero attached hydrogens (tertiary/aromatic N) is 2. The van der Waals surface area contributed by atoms with Crippen LogP contribution < -0.4 is 5.43 Å². The van der Waals surface area contributed by atoms with Crippen molar-refractivity contribution in [2.24, 2.45) is 0 Å². The summed E-state index contributed by atoms with van der Waals surface area (Å²) in [5.41, 5.74) is 5.10. The van der Waals surface area contributed by atoms with Crippen LogP contribution in [0.4, 0.5) is 0 Å². The number of halogens is 1. The van der Waals surface area contributed by atoms with E-state index in [1.807, 2.05) is 36.4 Å². The smallest absolute Gasteiger partial charge is 0.267 e. The van der Waals surface area contributed by atoms with Gasteiger partial charge in [-0.15, -0.1) is 0 Å². The van der Waals surface area contributed by atoms with Crippen molar-refractivity contribution < 1.29 is 4.79 Å². The Kier molecular flexibility index (Phi) is 3.05. The average molecular weight is 316 g/mol. The molecule has 0 fully saturated rings. The standard InChI is InChI=1S/C14H10BrN3O/c15-11-5-3-4-10(8-11)14(19)17-18-9-16-12-6-1-2-7-13(12)18/h1-9H,(H,17,19). The first-order valence-electron chi connectivity index (χ1n) is 5.73. The van der Waals surface area contributed by atoms with E-state index in [4.69, 9.17) is 0 Å². The van der Waals surface area contributed by atoms with E-state index < -0.39 is 0 Å². The zero-order valence-electron chi connectivity index (χ0n) is 9.88. The van der Waals surface area contributed by atoms with Crippen LogP contribution in [0.5, 0.6) is 0 Å². The first-order valence-corrected chi connectivity index (χ1v) is 6.52. The molecule has 5 heteroatoms. The third kappa shape index (κ3) is 2.37. The fraction of sp³-hybridized carbons (Fsp3) is 0. The number of para-hydroxylation sites is 2. The molecule has 0 unspecified atom stereocenters. The summed E-state index contributed by atoms with van der Waals surface area (Å²) in [7, 11) is 0. The minimum Gasteiger partial charge on any atom is -0.267 e. The lowest BCUT2D eigenvalue weighted by atomic mass is 10.2. The van der Waals surface area contributed by atoms with Gasteiger partial charge in [-0.1, -0.05) is 34.1 Å². The van der Waals surface area contributed by atoms with E-state index in [9.17, 15) is 4.79 Å². The highest BCUT2D eigenvalue weighted by Gasteiger charge is 2.08. The summed E-state index contributed by atoms with van der Waals surface area (Å²) < 4.78 is 2.49. The topological polar surface area (TPSA) is 46.9 Å². The molecule has 0 aliphatic heterocycles. The van der Waals surface area contributed by atoms with Crippen molar-refractivity contribution >= 4 is 32.9 Å². The highest BCUT2D eigenvalue weighted by Crippen LogP contribution is 2.13. The van der Waals surface area contributed by atoms with Gasteiger partial charge in [0.05, 0.1) is 11.0 Å². The van der Waals surface area contributed by atoms with Gasteiger partial charge in [-0.2, -0.15) is 0 Å². The maximum Gasteiger partial charge on any atom is 0.270 e. The molecule has 19 heavy (non-hydrogen) atoms. The molecular weight excluding hydrogens is 306 g/mol. The van der Waals surface area contributed by atoms with Crippen molar-refractivity contribution in [3.63, 3.8) is 0 Å². The van der Waals surface area contributed by atoms with E-state index in [2.05, 4.69) is 26.3 Å². The number of carbonyl (C=O) groups excluding carboxylic acids is 1. The van der Waals surface area contributed by atoms with Crippen molar-refractivity contribution in [3.8, 4) is 0 Å². The van der Waals surface area contributed by atoms with Crippen LogP contribution in [0, 0.1) is 0 Å². The molecule has 0 radical (unpaired) electrons. The fourth-order valence-electron chi connectivity index (χ4n) is 1.85. The van der Waals surface area contributed by atoms with Gasteiger partial charge in [0.15, 0.2) is 0 Å². The summed E-state index contributed by atoms with van der Waals surface area (Å²) in [5, 5.41) is 0. The predicted octanol–water partition coefficient (Wildman–Crippen LogP) is 3.18. The molecule has 1 amide bonds. The highest BCUT2D eigenvalue weighted by molar-refractivity contribution is 9.10. The molecule has 94 valence electrons. The van der Waals surface area contributed by atoms with Crippen LogP contribution in [0.2, 0.25) is 0 Å². The van der Waals surface area contributed by atoms with Crippen molar-refractivity contribution in [3.05, 3.63) is 64.9 Å². The largest absolute Gasteiger partial charge is 0.270 e.